The van der Waals surface area contributed by atoms with Crippen LogP contribution < -0.4 is 0 Å². The first-order valence-electron chi connectivity index (χ1n) is 11.2. The Morgan fingerprint density at radius 2 is 1.69 bits per heavy atom. The number of piperazine rings is 1. The summed E-state index contributed by atoms with van der Waals surface area (Å²) in [5, 5.41) is 21.8. The second-order valence-corrected chi connectivity index (χ2v) is 8.45. The van der Waals surface area contributed by atoms with Crippen LogP contribution in [0, 0.1) is 0 Å². The highest BCUT2D eigenvalue weighted by Crippen LogP contribution is 2.37. The zero-order chi connectivity index (χ0) is 21.9. The van der Waals surface area contributed by atoms with Crippen molar-refractivity contribution in [1.29, 1.82) is 0 Å². The fourth-order valence-electron chi connectivity index (χ4n) is 4.73. The van der Waals surface area contributed by atoms with Gasteiger partial charge >= 0.3 is 0 Å². The molecule has 2 N–H and O–H groups in total. The van der Waals surface area contributed by atoms with Crippen molar-refractivity contribution in [3.63, 3.8) is 0 Å². The number of pyridine rings is 1. The zero-order valence-corrected chi connectivity index (χ0v) is 18.1. The Kier molecular flexibility index (Phi) is 6.03. The molecule has 0 atom stereocenters. The van der Waals surface area contributed by atoms with Crippen LogP contribution in [0.15, 0.2) is 58.4 Å². The molecular formula is C25H28N4O3. The molecule has 3 heterocycles. The summed E-state index contributed by atoms with van der Waals surface area (Å²) in [6.07, 6.45) is 5.24. The van der Waals surface area contributed by atoms with Gasteiger partial charge in [-0.1, -0.05) is 17.3 Å². The van der Waals surface area contributed by atoms with Crippen molar-refractivity contribution in [2.75, 3.05) is 39.3 Å². The standard InChI is InChI=1S/C25H28N4O3/c30-14-13-28-9-11-29(12-10-28)17-21-16-23(18-5-7-26-8-6-18)25(32-21)20-1-3-22-19(15-20)2-4-24(22)27-31/h1,3,5-8,15-16,30-31H,2,4,9-14,17H2/b27-24+. The number of oxime groups is 1. The number of rotatable bonds is 6. The largest absolute Gasteiger partial charge is 0.459 e. The van der Waals surface area contributed by atoms with Gasteiger partial charge in [0.15, 0.2) is 0 Å². The lowest BCUT2D eigenvalue weighted by Crippen LogP contribution is -2.46. The molecule has 0 spiro atoms. The summed E-state index contributed by atoms with van der Waals surface area (Å²) >= 11 is 0. The molecule has 7 nitrogen and oxygen atoms in total. The number of benzene rings is 1. The molecule has 1 fully saturated rings. The topological polar surface area (TPSA) is 85.3 Å². The van der Waals surface area contributed by atoms with E-state index in [9.17, 15) is 5.21 Å². The van der Waals surface area contributed by atoms with Crippen molar-refractivity contribution < 1.29 is 14.7 Å². The van der Waals surface area contributed by atoms with Crippen molar-refractivity contribution in [2.24, 2.45) is 5.16 Å². The summed E-state index contributed by atoms with van der Waals surface area (Å²) in [6, 6.07) is 12.4. The molecule has 0 unspecified atom stereocenters. The maximum atomic E-state index is 9.24. The zero-order valence-electron chi connectivity index (χ0n) is 18.1. The summed E-state index contributed by atoms with van der Waals surface area (Å²) in [7, 11) is 0. The lowest BCUT2D eigenvalue weighted by molar-refractivity contribution is 0.104. The third-order valence-corrected chi connectivity index (χ3v) is 6.47. The van der Waals surface area contributed by atoms with Gasteiger partial charge in [-0.25, -0.2) is 0 Å². The fraction of sp³-hybridized carbons (Fsp3) is 0.360. The van der Waals surface area contributed by atoms with Crippen LogP contribution in [0.1, 0.15) is 23.3 Å². The Bertz CT molecular complexity index is 1100. The molecule has 0 radical (unpaired) electrons. The normalized spacial score (nSPS) is 18.3. The Labute approximate surface area is 187 Å². The summed E-state index contributed by atoms with van der Waals surface area (Å²) < 4.78 is 6.45. The Morgan fingerprint density at radius 3 is 2.44 bits per heavy atom. The van der Waals surface area contributed by atoms with Crippen molar-refractivity contribution in [1.82, 2.24) is 14.8 Å². The molecule has 5 rings (SSSR count). The first-order valence-corrected chi connectivity index (χ1v) is 11.2. The average molecular weight is 433 g/mol. The Morgan fingerprint density at radius 1 is 0.906 bits per heavy atom. The number of hydrogen-bond acceptors (Lipinski definition) is 7. The van der Waals surface area contributed by atoms with Crippen LogP contribution in [-0.4, -0.2) is 70.1 Å². The third-order valence-electron chi connectivity index (χ3n) is 6.47. The van der Waals surface area contributed by atoms with E-state index in [2.05, 4.69) is 38.1 Å². The molecule has 2 aliphatic rings. The van der Waals surface area contributed by atoms with Gasteiger partial charge in [-0.3, -0.25) is 14.8 Å². The minimum absolute atomic E-state index is 0.212. The maximum absolute atomic E-state index is 9.24. The van der Waals surface area contributed by atoms with Crippen LogP contribution in [0.4, 0.5) is 0 Å². The van der Waals surface area contributed by atoms with Gasteiger partial charge in [0.1, 0.15) is 11.5 Å². The number of aryl methyl sites for hydroxylation is 1. The van der Waals surface area contributed by atoms with Gasteiger partial charge in [0.25, 0.3) is 0 Å². The summed E-state index contributed by atoms with van der Waals surface area (Å²) in [6.45, 7) is 5.56. The molecule has 166 valence electrons. The van der Waals surface area contributed by atoms with Crippen LogP contribution in [0.3, 0.4) is 0 Å². The minimum Gasteiger partial charge on any atom is -0.459 e. The van der Waals surface area contributed by atoms with E-state index in [1.807, 2.05) is 18.2 Å². The van der Waals surface area contributed by atoms with Gasteiger partial charge in [-0.2, -0.15) is 0 Å². The molecule has 1 saturated heterocycles. The second kappa shape index (κ2) is 9.24. The SMILES string of the molecule is OCCN1CCN(Cc2cc(-c3ccncc3)c(-c3ccc4c(c3)CC/C4=N\O)o2)CC1. The van der Waals surface area contributed by atoms with Crippen LogP contribution in [-0.2, 0) is 13.0 Å². The Balaban J connectivity index is 1.44. The van der Waals surface area contributed by atoms with Crippen molar-refractivity contribution in [3.05, 3.63) is 65.7 Å². The molecule has 0 amide bonds. The molecule has 3 aromatic rings. The number of aromatic nitrogens is 1. The second-order valence-electron chi connectivity index (χ2n) is 8.45. The van der Waals surface area contributed by atoms with Crippen LogP contribution in [0.25, 0.3) is 22.5 Å². The molecule has 7 heteroatoms. The van der Waals surface area contributed by atoms with E-state index in [0.717, 1.165) is 91.6 Å². The van der Waals surface area contributed by atoms with Crippen LogP contribution >= 0.6 is 0 Å². The smallest absolute Gasteiger partial charge is 0.142 e. The highest BCUT2D eigenvalue weighted by Gasteiger charge is 2.23. The first-order chi connectivity index (χ1) is 15.7. The molecule has 1 aliphatic heterocycles. The number of fused-ring (bicyclic) bond motifs is 1. The maximum Gasteiger partial charge on any atom is 0.142 e. The van der Waals surface area contributed by atoms with E-state index in [0.29, 0.717) is 0 Å². The van der Waals surface area contributed by atoms with Gasteiger partial charge in [0.05, 0.1) is 18.9 Å². The van der Waals surface area contributed by atoms with E-state index >= 15 is 0 Å². The van der Waals surface area contributed by atoms with E-state index in [-0.39, 0.29) is 6.61 Å². The number of aliphatic hydroxyl groups excluding tert-OH is 1. The van der Waals surface area contributed by atoms with Gasteiger partial charge in [-0.15, -0.1) is 0 Å². The predicted molar refractivity (Wildman–Crippen MR) is 123 cm³/mol. The van der Waals surface area contributed by atoms with E-state index < -0.39 is 0 Å². The lowest BCUT2D eigenvalue weighted by atomic mass is 9.99. The van der Waals surface area contributed by atoms with Crippen molar-refractivity contribution >= 4 is 5.71 Å². The number of β-amino-alcohol motifs (C(OH)–C–C–N with tert-alkyl or cyclic N) is 1. The molecule has 0 saturated carbocycles. The van der Waals surface area contributed by atoms with Crippen molar-refractivity contribution in [3.8, 4) is 22.5 Å². The van der Waals surface area contributed by atoms with E-state index in [1.54, 1.807) is 12.4 Å². The monoisotopic (exact) mass is 432 g/mol. The average Bonchev–Trinajstić information content (AvgIpc) is 3.44. The minimum atomic E-state index is 0.212. The molecular weight excluding hydrogens is 404 g/mol. The molecule has 1 aliphatic carbocycles. The first kappa shape index (κ1) is 20.9. The van der Waals surface area contributed by atoms with Crippen LogP contribution in [0.5, 0.6) is 0 Å². The summed E-state index contributed by atoms with van der Waals surface area (Å²) in [5.41, 5.74) is 6.14. The van der Waals surface area contributed by atoms with E-state index in [1.165, 1.54) is 5.56 Å². The van der Waals surface area contributed by atoms with Crippen molar-refractivity contribution in [2.45, 2.75) is 19.4 Å². The summed E-state index contributed by atoms with van der Waals surface area (Å²) in [4.78, 5) is 8.86. The number of furan rings is 1. The van der Waals surface area contributed by atoms with Gasteiger partial charge in [-0.05, 0) is 48.2 Å². The lowest BCUT2D eigenvalue weighted by Gasteiger charge is -2.33. The van der Waals surface area contributed by atoms with Crippen LogP contribution in [0.2, 0.25) is 0 Å². The van der Waals surface area contributed by atoms with Gasteiger partial charge < -0.3 is 14.7 Å². The van der Waals surface area contributed by atoms with Gasteiger partial charge in [0, 0.05) is 61.8 Å². The molecule has 32 heavy (non-hydrogen) atoms. The molecule has 0 bridgehead atoms. The highest BCUT2D eigenvalue weighted by atomic mass is 16.4. The quantitative estimate of drug-likeness (QED) is 0.460. The number of hydrogen-bond donors (Lipinski definition) is 2. The Hall–Kier alpha value is -3.00. The highest BCUT2D eigenvalue weighted by molar-refractivity contribution is 6.04. The number of nitrogens with zero attached hydrogens (tertiary/aromatic N) is 4. The summed E-state index contributed by atoms with van der Waals surface area (Å²) in [5.74, 6) is 1.81. The predicted octanol–water partition coefficient (Wildman–Crippen LogP) is 3.24. The van der Waals surface area contributed by atoms with E-state index in [4.69, 9.17) is 9.52 Å². The fourth-order valence-corrected chi connectivity index (χ4v) is 4.73. The molecule has 1 aromatic carbocycles. The number of aliphatic hydroxyl groups is 1. The van der Waals surface area contributed by atoms with Gasteiger partial charge in [0.2, 0.25) is 0 Å². The molecule has 2 aromatic heterocycles. The third kappa shape index (κ3) is 4.19.